The molecular formula is C16H17N5O2S2. The average molecular weight is 375 g/mol. The lowest BCUT2D eigenvalue weighted by Crippen LogP contribution is -2.48. The van der Waals surface area contributed by atoms with Crippen molar-refractivity contribution in [3.63, 3.8) is 0 Å². The number of nitrogens with zero attached hydrogens (tertiary/aromatic N) is 5. The highest BCUT2D eigenvalue weighted by Crippen LogP contribution is 2.42. The van der Waals surface area contributed by atoms with E-state index >= 15 is 0 Å². The summed E-state index contributed by atoms with van der Waals surface area (Å²) in [5.41, 5.74) is 0.183. The number of aromatic nitrogens is 2. The Kier molecular flexibility index (Phi) is 4.19. The summed E-state index contributed by atoms with van der Waals surface area (Å²) in [6.07, 6.45) is 2.39. The quantitative estimate of drug-likeness (QED) is 0.809. The summed E-state index contributed by atoms with van der Waals surface area (Å²) in [7, 11) is -3.66. The zero-order valence-corrected chi connectivity index (χ0v) is 15.1. The van der Waals surface area contributed by atoms with Crippen molar-refractivity contribution in [2.75, 3.05) is 31.1 Å². The van der Waals surface area contributed by atoms with E-state index in [4.69, 9.17) is 5.26 Å². The zero-order chi connectivity index (χ0) is 17.4. The molecule has 2 aliphatic rings. The Labute approximate surface area is 150 Å². The van der Waals surface area contributed by atoms with Crippen LogP contribution in [0.1, 0.15) is 29.3 Å². The first-order valence-electron chi connectivity index (χ1n) is 8.17. The van der Waals surface area contributed by atoms with Crippen molar-refractivity contribution in [2.24, 2.45) is 0 Å². The van der Waals surface area contributed by atoms with Crippen molar-refractivity contribution in [1.82, 2.24) is 14.5 Å². The minimum absolute atomic E-state index is 0.0814. The van der Waals surface area contributed by atoms with E-state index in [0.29, 0.717) is 32.1 Å². The summed E-state index contributed by atoms with van der Waals surface area (Å²) in [6, 6.07) is 8.30. The molecule has 9 heteroatoms. The van der Waals surface area contributed by atoms with Gasteiger partial charge in [-0.3, -0.25) is 0 Å². The predicted octanol–water partition coefficient (Wildman–Crippen LogP) is 1.80. The number of hydrogen-bond donors (Lipinski definition) is 0. The van der Waals surface area contributed by atoms with Gasteiger partial charge in [-0.25, -0.2) is 8.42 Å². The fraction of sp³-hybridized carbons (Fsp3) is 0.438. The van der Waals surface area contributed by atoms with Crippen molar-refractivity contribution >= 4 is 26.5 Å². The molecule has 0 atom stereocenters. The topological polar surface area (TPSA) is 90.2 Å². The van der Waals surface area contributed by atoms with Crippen LogP contribution in [0.2, 0.25) is 0 Å². The molecule has 130 valence electrons. The summed E-state index contributed by atoms with van der Waals surface area (Å²) in [6.45, 7) is 1.90. The number of nitriles is 1. The first kappa shape index (κ1) is 16.4. The molecular weight excluding hydrogens is 358 g/mol. The Morgan fingerprint density at radius 3 is 2.52 bits per heavy atom. The van der Waals surface area contributed by atoms with Gasteiger partial charge in [-0.15, -0.1) is 10.2 Å². The van der Waals surface area contributed by atoms with Gasteiger partial charge in [0, 0.05) is 32.1 Å². The summed E-state index contributed by atoms with van der Waals surface area (Å²) in [5, 5.41) is 19.6. The van der Waals surface area contributed by atoms with Gasteiger partial charge < -0.3 is 4.90 Å². The van der Waals surface area contributed by atoms with Crippen LogP contribution in [-0.2, 0) is 10.0 Å². The highest BCUT2D eigenvalue weighted by molar-refractivity contribution is 7.89. The van der Waals surface area contributed by atoms with Crippen LogP contribution in [0.3, 0.4) is 0 Å². The van der Waals surface area contributed by atoms with E-state index in [1.54, 1.807) is 23.5 Å². The lowest BCUT2D eigenvalue weighted by atomic mass is 10.2. The number of sulfonamides is 1. The van der Waals surface area contributed by atoms with E-state index in [0.717, 1.165) is 10.1 Å². The second-order valence-electron chi connectivity index (χ2n) is 6.20. The van der Waals surface area contributed by atoms with Crippen molar-refractivity contribution in [2.45, 2.75) is 23.7 Å². The number of benzene rings is 1. The van der Waals surface area contributed by atoms with E-state index in [2.05, 4.69) is 15.1 Å². The third-order valence-corrected chi connectivity index (χ3v) is 7.59. The standard InChI is InChI=1S/C16H17N5O2S2/c17-11-13-3-1-2-4-14(13)25(22,23)21-9-7-20(8-10-21)16-19-18-15(24-16)12-5-6-12/h1-4,12H,5-10H2. The maximum atomic E-state index is 12.8. The molecule has 0 spiro atoms. The maximum Gasteiger partial charge on any atom is 0.244 e. The Hall–Kier alpha value is -2.02. The first-order chi connectivity index (χ1) is 12.1. The lowest BCUT2D eigenvalue weighted by molar-refractivity contribution is 0.384. The summed E-state index contributed by atoms with van der Waals surface area (Å²) >= 11 is 1.61. The van der Waals surface area contributed by atoms with Gasteiger partial charge in [-0.05, 0) is 25.0 Å². The molecule has 1 aromatic heterocycles. The van der Waals surface area contributed by atoms with Gasteiger partial charge in [-0.2, -0.15) is 9.57 Å². The summed E-state index contributed by atoms with van der Waals surface area (Å²) in [4.78, 5) is 2.17. The minimum Gasteiger partial charge on any atom is -0.344 e. The van der Waals surface area contributed by atoms with E-state index in [9.17, 15) is 8.42 Å². The van der Waals surface area contributed by atoms with E-state index < -0.39 is 10.0 Å². The van der Waals surface area contributed by atoms with Crippen LogP contribution >= 0.6 is 11.3 Å². The molecule has 1 saturated carbocycles. The number of rotatable bonds is 4. The molecule has 7 nitrogen and oxygen atoms in total. The highest BCUT2D eigenvalue weighted by Gasteiger charge is 2.32. The maximum absolute atomic E-state index is 12.8. The number of anilines is 1. The monoisotopic (exact) mass is 375 g/mol. The normalized spacial score (nSPS) is 18.9. The molecule has 0 N–H and O–H groups in total. The molecule has 1 aromatic carbocycles. The number of hydrogen-bond acceptors (Lipinski definition) is 7. The Bertz CT molecular complexity index is 922. The summed E-state index contributed by atoms with van der Waals surface area (Å²) in [5.74, 6) is 0.579. The second kappa shape index (κ2) is 6.37. The minimum atomic E-state index is -3.66. The Morgan fingerprint density at radius 2 is 1.84 bits per heavy atom. The highest BCUT2D eigenvalue weighted by atomic mass is 32.2. The Balaban J connectivity index is 1.48. The summed E-state index contributed by atoms with van der Waals surface area (Å²) < 4.78 is 27.1. The van der Waals surface area contributed by atoms with Gasteiger partial charge >= 0.3 is 0 Å². The van der Waals surface area contributed by atoms with Gasteiger partial charge in [0.2, 0.25) is 15.2 Å². The molecule has 2 heterocycles. The van der Waals surface area contributed by atoms with Crippen LogP contribution in [0.4, 0.5) is 5.13 Å². The largest absolute Gasteiger partial charge is 0.344 e. The molecule has 0 radical (unpaired) electrons. The first-order valence-corrected chi connectivity index (χ1v) is 10.4. The molecule has 2 aromatic rings. The second-order valence-corrected chi connectivity index (χ2v) is 9.09. The van der Waals surface area contributed by atoms with Crippen LogP contribution in [0, 0.1) is 11.3 Å². The molecule has 1 aliphatic carbocycles. The third kappa shape index (κ3) is 3.13. The van der Waals surface area contributed by atoms with E-state index in [1.807, 2.05) is 6.07 Å². The van der Waals surface area contributed by atoms with Crippen LogP contribution in [0.15, 0.2) is 29.2 Å². The van der Waals surface area contributed by atoms with Crippen molar-refractivity contribution < 1.29 is 8.42 Å². The fourth-order valence-electron chi connectivity index (χ4n) is 2.89. The van der Waals surface area contributed by atoms with E-state index in [-0.39, 0.29) is 10.5 Å². The van der Waals surface area contributed by atoms with Crippen LogP contribution in [-0.4, -0.2) is 49.1 Å². The van der Waals surface area contributed by atoms with Crippen LogP contribution in [0.5, 0.6) is 0 Å². The van der Waals surface area contributed by atoms with Crippen molar-refractivity contribution in [3.05, 3.63) is 34.8 Å². The van der Waals surface area contributed by atoms with Crippen LogP contribution < -0.4 is 4.90 Å². The van der Waals surface area contributed by atoms with Gasteiger partial charge in [-0.1, -0.05) is 23.5 Å². The number of piperazine rings is 1. The van der Waals surface area contributed by atoms with Crippen molar-refractivity contribution in [3.8, 4) is 6.07 Å². The van der Waals surface area contributed by atoms with E-state index in [1.165, 1.54) is 29.3 Å². The predicted molar refractivity (Wildman–Crippen MR) is 94.0 cm³/mol. The van der Waals surface area contributed by atoms with Gasteiger partial charge in [0.15, 0.2) is 0 Å². The lowest BCUT2D eigenvalue weighted by Gasteiger charge is -2.33. The average Bonchev–Trinajstić information content (AvgIpc) is 3.38. The van der Waals surface area contributed by atoms with Crippen molar-refractivity contribution in [1.29, 1.82) is 5.26 Å². The SMILES string of the molecule is N#Cc1ccccc1S(=O)(=O)N1CCN(c2nnc(C3CC3)s2)CC1. The van der Waals surface area contributed by atoms with Gasteiger partial charge in [0.1, 0.15) is 11.1 Å². The smallest absolute Gasteiger partial charge is 0.244 e. The Morgan fingerprint density at radius 1 is 1.12 bits per heavy atom. The molecule has 2 fully saturated rings. The molecule has 1 aliphatic heterocycles. The van der Waals surface area contributed by atoms with Gasteiger partial charge in [0.25, 0.3) is 0 Å². The molecule has 0 bridgehead atoms. The van der Waals surface area contributed by atoms with Crippen LogP contribution in [0.25, 0.3) is 0 Å². The molecule has 1 saturated heterocycles. The molecule has 25 heavy (non-hydrogen) atoms. The molecule has 4 rings (SSSR count). The molecule has 0 unspecified atom stereocenters. The molecule has 0 amide bonds. The van der Waals surface area contributed by atoms with Gasteiger partial charge in [0.05, 0.1) is 10.5 Å². The third-order valence-electron chi connectivity index (χ3n) is 4.49. The fourth-order valence-corrected chi connectivity index (χ4v) is 5.52. The zero-order valence-electron chi connectivity index (χ0n) is 13.5.